The van der Waals surface area contributed by atoms with Gasteiger partial charge in [-0.05, 0) is 48.9 Å². The van der Waals surface area contributed by atoms with Gasteiger partial charge < -0.3 is 14.8 Å². The van der Waals surface area contributed by atoms with E-state index in [1.807, 2.05) is 6.92 Å². The van der Waals surface area contributed by atoms with Crippen LogP contribution < -0.4 is 10.1 Å². The summed E-state index contributed by atoms with van der Waals surface area (Å²) in [4.78, 5) is 23.5. The number of carbonyl (C=O) groups excluding carboxylic acids is 2. The van der Waals surface area contributed by atoms with E-state index in [4.69, 9.17) is 9.47 Å². The number of esters is 1. The van der Waals surface area contributed by atoms with Crippen molar-refractivity contribution in [3.63, 3.8) is 0 Å². The molecule has 2 aromatic rings. The fourth-order valence-electron chi connectivity index (χ4n) is 1.92. The number of hydrogen-bond acceptors (Lipinski definition) is 4. The molecule has 2 aromatic carbocycles. The van der Waals surface area contributed by atoms with Crippen LogP contribution in [-0.4, -0.2) is 25.1 Å². The number of hydrogen-bond donors (Lipinski definition) is 1. The first-order valence-electron chi connectivity index (χ1n) is 7.49. The minimum Gasteiger partial charge on any atom is -0.494 e. The highest BCUT2D eigenvalue weighted by atomic mass is 19.1. The second-order valence-electron chi connectivity index (χ2n) is 4.94. The number of halogens is 1. The molecule has 0 aliphatic rings. The molecule has 1 N–H and O–H groups in total. The van der Waals surface area contributed by atoms with Crippen molar-refractivity contribution in [3.05, 3.63) is 65.5 Å². The van der Waals surface area contributed by atoms with Crippen LogP contribution in [0.4, 0.5) is 4.39 Å². The summed E-state index contributed by atoms with van der Waals surface area (Å²) < 4.78 is 23.0. The second-order valence-corrected chi connectivity index (χ2v) is 4.94. The Hall–Kier alpha value is -2.89. The molecule has 0 fully saturated rings. The van der Waals surface area contributed by atoms with Crippen molar-refractivity contribution in [2.24, 2.45) is 0 Å². The Labute approximate surface area is 139 Å². The second kappa shape index (κ2) is 8.67. The van der Waals surface area contributed by atoms with Crippen LogP contribution in [0.25, 0.3) is 0 Å². The molecule has 24 heavy (non-hydrogen) atoms. The van der Waals surface area contributed by atoms with Gasteiger partial charge in [0.05, 0.1) is 12.2 Å². The van der Waals surface area contributed by atoms with Crippen LogP contribution in [0.15, 0.2) is 48.5 Å². The molecule has 1 amide bonds. The Morgan fingerprint density at radius 1 is 1.04 bits per heavy atom. The maximum Gasteiger partial charge on any atom is 0.338 e. The molecule has 5 nitrogen and oxygen atoms in total. The van der Waals surface area contributed by atoms with E-state index < -0.39 is 11.9 Å². The molecular weight excluding hydrogens is 313 g/mol. The summed E-state index contributed by atoms with van der Waals surface area (Å²) >= 11 is 0. The standard InChI is InChI=1S/C18H18FNO4/c1-2-23-16-9-5-14(6-10-16)18(22)24-12-17(21)20-11-13-3-7-15(19)8-4-13/h3-10H,2,11-12H2,1H3,(H,20,21). The van der Waals surface area contributed by atoms with E-state index in [9.17, 15) is 14.0 Å². The number of benzene rings is 2. The molecule has 0 heterocycles. The molecule has 0 spiro atoms. The minimum absolute atomic E-state index is 0.236. The topological polar surface area (TPSA) is 64.6 Å². The quantitative estimate of drug-likeness (QED) is 0.792. The average molecular weight is 331 g/mol. The summed E-state index contributed by atoms with van der Waals surface area (Å²) in [5.74, 6) is -0.700. The molecule has 0 aliphatic carbocycles. The fraction of sp³-hybridized carbons (Fsp3) is 0.222. The van der Waals surface area contributed by atoms with Gasteiger partial charge in [-0.2, -0.15) is 0 Å². The highest BCUT2D eigenvalue weighted by Crippen LogP contribution is 2.12. The number of ether oxygens (including phenoxy) is 2. The Bertz CT molecular complexity index is 683. The molecule has 6 heteroatoms. The lowest BCUT2D eigenvalue weighted by atomic mass is 10.2. The summed E-state index contributed by atoms with van der Waals surface area (Å²) in [6, 6.07) is 12.2. The first-order valence-corrected chi connectivity index (χ1v) is 7.49. The zero-order valence-corrected chi connectivity index (χ0v) is 13.3. The summed E-state index contributed by atoms with van der Waals surface area (Å²) in [5.41, 5.74) is 1.09. The Kier molecular flexibility index (Phi) is 6.31. The van der Waals surface area contributed by atoms with E-state index in [-0.39, 0.29) is 19.0 Å². The number of nitrogens with one attached hydrogen (secondary N) is 1. The number of rotatable bonds is 7. The van der Waals surface area contributed by atoms with Crippen LogP contribution in [0.3, 0.4) is 0 Å². The zero-order chi connectivity index (χ0) is 17.4. The van der Waals surface area contributed by atoms with Crippen molar-refractivity contribution in [2.75, 3.05) is 13.2 Å². The largest absolute Gasteiger partial charge is 0.494 e. The van der Waals surface area contributed by atoms with Gasteiger partial charge in [0.15, 0.2) is 6.61 Å². The number of amides is 1. The molecule has 0 saturated carbocycles. The van der Waals surface area contributed by atoms with E-state index in [1.54, 1.807) is 36.4 Å². The summed E-state index contributed by atoms with van der Waals surface area (Å²) in [6.45, 7) is 2.26. The van der Waals surface area contributed by atoms with E-state index in [1.165, 1.54) is 12.1 Å². The van der Waals surface area contributed by atoms with Crippen molar-refractivity contribution >= 4 is 11.9 Å². The maximum absolute atomic E-state index is 12.8. The minimum atomic E-state index is -0.588. The molecule has 2 rings (SSSR count). The SMILES string of the molecule is CCOc1ccc(C(=O)OCC(=O)NCc2ccc(F)cc2)cc1. The first-order chi connectivity index (χ1) is 11.6. The summed E-state index contributed by atoms with van der Waals surface area (Å²) in [6.07, 6.45) is 0. The molecule has 0 unspecified atom stereocenters. The molecule has 0 bridgehead atoms. The third-order valence-electron chi connectivity index (χ3n) is 3.14. The van der Waals surface area contributed by atoms with Gasteiger partial charge >= 0.3 is 5.97 Å². The van der Waals surface area contributed by atoms with E-state index in [0.717, 1.165) is 5.56 Å². The zero-order valence-electron chi connectivity index (χ0n) is 13.3. The lowest BCUT2D eigenvalue weighted by Gasteiger charge is -2.07. The predicted molar refractivity (Wildman–Crippen MR) is 86.1 cm³/mol. The fourth-order valence-corrected chi connectivity index (χ4v) is 1.92. The van der Waals surface area contributed by atoms with Crippen molar-refractivity contribution in [1.82, 2.24) is 5.32 Å². The van der Waals surface area contributed by atoms with E-state index in [0.29, 0.717) is 17.9 Å². The predicted octanol–water partition coefficient (Wildman–Crippen LogP) is 2.70. The summed E-state index contributed by atoms with van der Waals surface area (Å²) in [7, 11) is 0. The molecule has 0 aliphatic heterocycles. The first kappa shape index (κ1) is 17.5. The van der Waals surface area contributed by atoms with Crippen molar-refractivity contribution in [2.45, 2.75) is 13.5 Å². The van der Waals surface area contributed by atoms with Gasteiger partial charge in [-0.3, -0.25) is 4.79 Å². The Balaban J connectivity index is 1.76. The van der Waals surface area contributed by atoms with Gasteiger partial charge in [0, 0.05) is 6.54 Å². The molecule has 0 radical (unpaired) electrons. The Morgan fingerprint density at radius 3 is 2.33 bits per heavy atom. The maximum atomic E-state index is 12.8. The van der Waals surface area contributed by atoms with Gasteiger partial charge in [0.2, 0.25) is 0 Å². The van der Waals surface area contributed by atoms with Gasteiger partial charge in [0.25, 0.3) is 5.91 Å². The Morgan fingerprint density at radius 2 is 1.71 bits per heavy atom. The third-order valence-corrected chi connectivity index (χ3v) is 3.14. The lowest BCUT2D eigenvalue weighted by Crippen LogP contribution is -2.28. The van der Waals surface area contributed by atoms with E-state index in [2.05, 4.69) is 5.32 Å². The molecule has 0 saturated heterocycles. The monoisotopic (exact) mass is 331 g/mol. The van der Waals surface area contributed by atoms with Crippen LogP contribution in [0.5, 0.6) is 5.75 Å². The highest BCUT2D eigenvalue weighted by molar-refractivity contribution is 5.91. The normalized spacial score (nSPS) is 10.1. The third kappa shape index (κ3) is 5.39. The summed E-state index contributed by atoms with van der Waals surface area (Å²) in [5, 5.41) is 2.59. The molecule has 0 atom stereocenters. The van der Waals surface area contributed by atoms with Crippen LogP contribution in [-0.2, 0) is 16.1 Å². The van der Waals surface area contributed by atoms with Gasteiger partial charge in [-0.1, -0.05) is 12.1 Å². The lowest BCUT2D eigenvalue weighted by molar-refractivity contribution is -0.124. The van der Waals surface area contributed by atoms with E-state index >= 15 is 0 Å². The van der Waals surface area contributed by atoms with Gasteiger partial charge in [-0.15, -0.1) is 0 Å². The van der Waals surface area contributed by atoms with Crippen LogP contribution in [0.2, 0.25) is 0 Å². The van der Waals surface area contributed by atoms with Gasteiger partial charge in [-0.25, -0.2) is 9.18 Å². The van der Waals surface area contributed by atoms with Crippen LogP contribution >= 0.6 is 0 Å². The molecule has 126 valence electrons. The number of carbonyl (C=O) groups is 2. The van der Waals surface area contributed by atoms with Gasteiger partial charge in [0.1, 0.15) is 11.6 Å². The molecule has 0 aromatic heterocycles. The molecular formula is C18H18FNO4. The van der Waals surface area contributed by atoms with Crippen molar-refractivity contribution in [1.29, 1.82) is 0 Å². The highest BCUT2D eigenvalue weighted by Gasteiger charge is 2.10. The average Bonchev–Trinajstić information content (AvgIpc) is 2.60. The van der Waals surface area contributed by atoms with Crippen LogP contribution in [0.1, 0.15) is 22.8 Å². The smallest absolute Gasteiger partial charge is 0.338 e. The van der Waals surface area contributed by atoms with Crippen molar-refractivity contribution < 1.29 is 23.5 Å². The van der Waals surface area contributed by atoms with Crippen molar-refractivity contribution in [3.8, 4) is 5.75 Å². The van der Waals surface area contributed by atoms with Crippen LogP contribution in [0, 0.1) is 5.82 Å².